The van der Waals surface area contributed by atoms with Gasteiger partial charge in [0, 0.05) is 17.1 Å². The van der Waals surface area contributed by atoms with Crippen molar-refractivity contribution in [3.8, 4) is 0 Å². The van der Waals surface area contributed by atoms with Crippen molar-refractivity contribution in [2.45, 2.75) is 146 Å². The number of rotatable bonds is 25. The zero-order chi connectivity index (χ0) is 37.1. The van der Waals surface area contributed by atoms with E-state index in [4.69, 9.17) is 18.9 Å². The summed E-state index contributed by atoms with van der Waals surface area (Å²) >= 11 is 6.20. The molecule has 12 nitrogen and oxygen atoms in total. The summed E-state index contributed by atoms with van der Waals surface area (Å²) in [5.41, 5.74) is 0.282. The molecule has 1 saturated heterocycles. The van der Waals surface area contributed by atoms with E-state index in [-0.39, 0.29) is 48.1 Å². The van der Waals surface area contributed by atoms with Gasteiger partial charge in [0.05, 0.1) is 28.0 Å². The molecule has 1 aromatic rings. The topological polar surface area (TPSA) is 189 Å². The van der Waals surface area contributed by atoms with Crippen molar-refractivity contribution in [2.75, 3.05) is 19.0 Å². The second-order valence-corrected chi connectivity index (χ2v) is 17.7. The summed E-state index contributed by atoms with van der Waals surface area (Å²) < 4.78 is 58.0. The number of aliphatic hydroxyl groups excluding tert-OH is 3. The Morgan fingerprint density at radius 2 is 1.35 bits per heavy atom. The quantitative estimate of drug-likeness (QED) is 0.0325. The van der Waals surface area contributed by atoms with E-state index in [1.165, 1.54) is 70.6 Å². The van der Waals surface area contributed by atoms with Crippen LogP contribution in [-0.2, 0) is 33.9 Å². The van der Waals surface area contributed by atoms with E-state index in [2.05, 4.69) is 52.1 Å². The fourth-order valence-electron chi connectivity index (χ4n) is 5.53. The molecule has 0 spiro atoms. The maximum atomic E-state index is 13.2. The Balaban J connectivity index is 0.0000130. The second kappa shape index (κ2) is 27.6. The molecule has 2 rings (SSSR count). The molecule has 1 fully saturated rings. The van der Waals surface area contributed by atoms with E-state index in [9.17, 15) is 37.9 Å². The molecule has 1 aromatic carbocycles. The number of hydrogen-bond acceptors (Lipinski definition) is 12. The van der Waals surface area contributed by atoms with Gasteiger partial charge in [-0.05, 0) is 86.3 Å². The van der Waals surface area contributed by atoms with Crippen molar-refractivity contribution >= 4 is 89.8 Å². The molecule has 1 heterocycles. The first-order chi connectivity index (χ1) is 23.7. The number of ether oxygens (including phenoxy) is 4. The third-order valence-corrected chi connectivity index (χ3v) is 12.8. The Morgan fingerprint density at radius 3 is 1.88 bits per heavy atom. The van der Waals surface area contributed by atoms with Crippen LogP contribution in [-0.4, -0.2) is 96.0 Å². The van der Waals surface area contributed by atoms with Gasteiger partial charge in [0.15, 0.2) is 12.4 Å². The van der Waals surface area contributed by atoms with Crippen molar-refractivity contribution in [3.05, 3.63) is 28.4 Å². The largest absolute Gasteiger partial charge is 1.00 e. The van der Waals surface area contributed by atoms with E-state index in [0.717, 1.165) is 26.4 Å². The van der Waals surface area contributed by atoms with Gasteiger partial charge in [-0.25, -0.2) is 13.2 Å². The SMILES string of the molecule is CCCCCCCCCCCCCCCCCC(=O)OCC(CO[C@H]1O[C@H](CS(=O)(=O)[O-])[C@@H](O)[C@H](O)[C@H]1O)OC(=O)c1cc(I)cc(I)c1I.[Na+]. The molecular formula is C34H52I3NaO12S. The zero-order valence-electron chi connectivity index (χ0n) is 29.6. The van der Waals surface area contributed by atoms with Crippen LogP contribution in [0.2, 0.25) is 0 Å². The Bertz CT molecular complexity index is 1280. The smallest absolute Gasteiger partial charge is 0.748 e. The van der Waals surface area contributed by atoms with Crippen LogP contribution >= 0.6 is 67.8 Å². The minimum atomic E-state index is -4.86. The van der Waals surface area contributed by atoms with Gasteiger partial charge >= 0.3 is 41.5 Å². The molecule has 0 aliphatic carbocycles. The summed E-state index contributed by atoms with van der Waals surface area (Å²) in [7, 11) is -4.86. The molecular weight excluding hydrogens is 1040 g/mol. The number of carbonyl (C=O) groups is 2. The van der Waals surface area contributed by atoms with Crippen molar-refractivity contribution in [3.63, 3.8) is 0 Å². The predicted octanol–water partition coefficient (Wildman–Crippen LogP) is 3.20. The van der Waals surface area contributed by atoms with Gasteiger partial charge in [-0.2, -0.15) is 0 Å². The van der Waals surface area contributed by atoms with E-state index < -0.39 is 71.2 Å². The fraction of sp³-hybridized carbons (Fsp3) is 0.765. The molecule has 1 unspecified atom stereocenters. The summed E-state index contributed by atoms with van der Waals surface area (Å²) in [6.07, 6.45) is 8.14. The van der Waals surface area contributed by atoms with Crippen LogP contribution < -0.4 is 29.6 Å². The predicted molar refractivity (Wildman–Crippen MR) is 211 cm³/mol. The monoisotopic (exact) mass is 1090 g/mol. The minimum Gasteiger partial charge on any atom is -0.748 e. The maximum absolute atomic E-state index is 13.2. The van der Waals surface area contributed by atoms with E-state index in [1.807, 2.05) is 28.7 Å². The van der Waals surface area contributed by atoms with Gasteiger partial charge in [0.2, 0.25) is 0 Å². The molecule has 3 N–H and O–H groups in total. The maximum Gasteiger partial charge on any atom is 1.00 e. The molecule has 0 saturated carbocycles. The molecule has 0 amide bonds. The fourth-order valence-corrected chi connectivity index (χ4v) is 8.58. The van der Waals surface area contributed by atoms with Gasteiger partial charge < -0.3 is 38.8 Å². The van der Waals surface area contributed by atoms with Crippen LogP contribution in [0.1, 0.15) is 120 Å². The third kappa shape index (κ3) is 20.7. The number of carbonyl (C=O) groups excluding carboxylic acids is 2. The van der Waals surface area contributed by atoms with Crippen molar-refractivity contribution in [2.24, 2.45) is 0 Å². The van der Waals surface area contributed by atoms with E-state index in [1.54, 1.807) is 6.07 Å². The van der Waals surface area contributed by atoms with Gasteiger partial charge in [-0.1, -0.05) is 96.8 Å². The normalized spacial score (nSPS) is 21.1. The molecule has 17 heteroatoms. The first kappa shape index (κ1) is 50.1. The van der Waals surface area contributed by atoms with Crippen LogP contribution in [0.4, 0.5) is 0 Å². The van der Waals surface area contributed by atoms with Gasteiger partial charge in [-0.3, -0.25) is 4.79 Å². The molecule has 1 aliphatic heterocycles. The molecule has 0 radical (unpaired) electrons. The molecule has 0 aromatic heterocycles. The average molecular weight is 1090 g/mol. The summed E-state index contributed by atoms with van der Waals surface area (Å²) in [5, 5.41) is 30.7. The second-order valence-electron chi connectivity index (χ2n) is 12.7. The molecule has 0 bridgehead atoms. The number of benzene rings is 1. The first-order valence-corrected chi connectivity index (χ1v) is 22.3. The Labute approximate surface area is 366 Å². The molecule has 6 atom stereocenters. The van der Waals surface area contributed by atoms with Crippen LogP contribution in [0.3, 0.4) is 0 Å². The number of hydrogen-bond donors (Lipinski definition) is 3. The molecule has 1 aliphatic rings. The molecule has 51 heavy (non-hydrogen) atoms. The summed E-state index contributed by atoms with van der Waals surface area (Å²) in [5.74, 6) is -2.36. The number of aliphatic hydroxyl groups is 3. The van der Waals surface area contributed by atoms with Crippen LogP contribution in [0.5, 0.6) is 0 Å². The van der Waals surface area contributed by atoms with E-state index in [0.29, 0.717) is 9.99 Å². The van der Waals surface area contributed by atoms with Gasteiger partial charge in [0.1, 0.15) is 31.0 Å². The van der Waals surface area contributed by atoms with Crippen LogP contribution in [0.25, 0.3) is 0 Å². The van der Waals surface area contributed by atoms with E-state index >= 15 is 0 Å². The third-order valence-electron chi connectivity index (χ3n) is 8.38. The van der Waals surface area contributed by atoms with Crippen molar-refractivity contribution in [1.29, 1.82) is 0 Å². The summed E-state index contributed by atoms with van der Waals surface area (Å²) in [4.78, 5) is 25.8. The summed E-state index contributed by atoms with van der Waals surface area (Å²) in [6.45, 7) is 1.37. The number of halogens is 3. The zero-order valence-corrected chi connectivity index (χ0v) is 38.9. The van der Waals surface area contributed by atoms with Crippen LogP contribution in [0, 0.1) is 10.7 Å². The van der Waals surface area contributed by atoms with Gasteiger partial charge in [-0.15, -0.1) is 0 Å². The first-order valence-electron chi connectivity index (χ1n) is 17.5. The number of esters is 2. The van der Waals surface area contributed by atoms with Gasteiger partial charge in [0.25, 0.3) is 0 Å². The summed E-state index contributed by atoms with van der Waals surface area (Å²) in [6, 6.07) is 3.53. The van der Waals surface area contributed by atoms with Crippen molar-refractivity contribution < 1.29 is 86.4 Å². The minimum absolute atomic E-state index is 0. The standard InChI is InChI=1S/C34H53I3O12S.Na/c1-2-3-4-5-6-7-8-9-10-11-12-13-14-15-16-17-28(38)46-20-24(48-33(42)25-18-23(35)19-26(36)29(25)37)21-47-34-32(41)31(40)30(39)27(49-34)22-50(43,44)45;/h18-19,24,27,30-32,34,39-41H,2-17,20-22H2,1H3,(H,43,44,45);/q;+1/p-1/t24?,27-,30-,31+,32-,34+;/m1./s1. The number of unbranched alkanes of at least 4 members (excludes halogenated alkanes) is 14. The Morgan fingerprint density at radius 1 is 0.824 bits per heavy atom. The molecule has 288 valence electrons. The van der Waals surface area contributed by atoms with Crippen LogP contribution in [0.15, 0.2) is 12.1 Å². The Hall–Kier alpha value is 1.06. The average Bonchev–Trinajstić information content (AvgIpc) is 3.05. The Kier molecular flexibility index (Phi) is 27.1. The van der Waals surface area contributed by atoms with Crippen molar-refractivity contribution in [1.82, 2.24) is 0 Å².